The Balaban J connectivity index is 2.02. The molecule has 0 bridgehead atoms. The maximum Gasteiger partial charge on any atom is 0.221 e. The van der Waals surface area contributed by atoms with Gasteiger partial charge in [0.15, 0.2) is 0 Å². The molecule has 2 amide bonds. The fourth-order valence-corrected chi connectivity index (χ4v) is 3.56. The third-order valence-corrected chi connectivity index (χ3v) is 4.92. The third-order valence-electron chi connectivity index (χ3n) is 3.79. The monoisotopic (exact) mass is 344 g/mol. The molecule has 2 rings (SSSR count). The van der Waals surface area contributed by atoms with Crippen molar-refractivity contribution in [2.75, 3.05) is 6.54 Å². The van der Waals surface area contributed by atoms with Crippen LogP contribution in [0.25, 0.3) is 0 Å². The molecule has 0 saturated carbocycles. The lowest BCUT2D eigenvalue weighted by Gasteiger charge is -2.19. The second-order valence-electron chi connectivity index (χ2n) is 5.73. The van der Waals surface area contributed by atoms with Gasteiger partial charge in [-0.1, -0.05) is 30.3 Å². The molecule has 1 atom stereocenters. The van der Waals surface area contributed by atoms with Crippen molar-refractivity contribution < 1.29 is 9.59 Å². The quantitative estimate of drug-likeness (QED) is 0.771. The van der Waals surface area contributed by atoms with Crippen molar-refractivity contribution in [2.45, 2.75) is 39.2 Å². The Morgan fingerprint density at radius 3 is 2.42 bits per heavy atom. The molecule has 0 aliphatic carbocycles. The topological polar surface area (TPSA) is 58.2 Å². The van der Waals surface area contributed by atoms with Gasteiger partial charge in [0.1, 0.15) is 0 Å². The van der Waals surface area contributed by atoms with Gasteiger partial charge in [-0.15, -0.1) is 11.3 Å². The van der Waals surface area contributed by atoms with Crippen molar-refractivity contribution in [2.24, 2.45) is 0 Å². The molecule has 128 valence electrons. The molecule has 1 aromatic heterocycles. The molecule has 1 unspecified atom stereocenters. The van der Waals surface area contributed by atoms with Crippen molar-refractivity contribution in [1.29, 1.82) is 0 Å². The molecule has 0 fully saturated rings. The number of nitrogens with one attached hydrogen (secondary N) is 2. The SMILES string of the molecule is CCNC(=O)CCC(=O)NC(Cc1ccccc1)c1sccc1C. The Morgan fingerprint density at radius 2 is 1.79 bits per heavy atom. The van der Waals surface area contributed by atoms with E-state index < -0.39 is 0 Å². The number of thiophene rings is 1. The number of amides is 2. The van der Waals surface area contributed by atoms with E-state index in [0.29, 0.717) is 6.54 Å². The second-order valence-corrected chi connectivity index (χ2v) is 6.68. The Hall–Kier alpha value is -2.14. The predicted octanol–water partition coefficient (Wildman–Crippen LogP) is 3.37. The summed E-state index contributed by atoms with van der Waals surface area (Å²) in [6.07, 6.45) is 1.18. The van der Waals surface area contributed by atoms with Gasteiger partial charge >= 0.3 is 0 Å². The van der Waals surface area contributed by atoms with Gasteiger partial charge in [-0.05, 0) is 42.8 Å². The molecule has 0 radical (unpaired) electrons. The normalized spacial score (nSPS) is 11.8. The predicted molar refractivity (Wildman–Crippen MR) is 98.0 cm³/mol. The van der Waals surface area contributed by atoms with Crippen LogP contribution in [0.15, 0.2) is 41.8 Å². The number of carbonyl (C=O) groups is 2. The van der Waals surface area contributed by atoms with Crippen LogP contribution in [0.4, 0.5) is 0 Å². The molecule has 2 aromatic rings. The van der Waals surface area contributed by atoms with E-state index in [2.05, 4.69) is 35.8 Å². The lowest BCUT2D eigenvalue weighted by Crippen LogP contribution is -2.31. The summed E-state index contributed by atoms with van der Waals surface area (Å²) in [7, 11) is 0. The van der Waals surface area contributed by atoms with E-state index in [-0.39, 0.29) is 30.7 Å². The molecule has 1 heterocycles. The molecule has 4 nitrogen and oxygen atoms in total. The number of aryl methyl sites for hydroxylation is 1. The first kappa shape index (κ1) is 18.2. The second kappa shape index (κ2) is 9.23. The highest BCUT2D eigenvalue weighted by atomic mass is 32.1. The van der Waals surface area contributed by atoms with Crippen molar-refractivity contribution in [3.8, 4) is 0 Å². The minimum Gasteiger partial charge on any atom is -0.356 e. The molecular formula is C19H24N2O2S. The zero-order chi connectivity index (χ0) is 17.4. The molecule has 5 heteroatoms. The summed E-state index contributed by atoms with van der Waals surface area (Å²) in [5.41, 5.74) is 2.37. The molecular weight excluding hydrogens is 320 g/mol. The Morgan fingerprint density at radius 1 is 1.08 bits per heavy atom. The number of hydrogen-bond acceptors (Lipinski definition) is 3. The number of rotatable bonds is 8. The molecule has 2 N–H and O–H groups in total. The first-order valence-electron chi connectivity index (χ1n) is 8.24. The van der Waals surface area contributed by atoms with Crippen LogP contribution in [-0.2, 0) is 16.0 Å². The maximum absolute atomic E-state index is 12.3. The summed E-state index contributed by atoms with van der Waals surface area (Å²) in [5.74, 6) is -0.172. The zero-order valence-corrected chi connectivity index (χ0v) is 15.0. The first-order chi connectivity index (χ1) is 11.6. The van der Waals surface area contributed by atoms with E-state index in [1.807, 2.05) is 30.5 Å². The smallest absolute Gasteiger partial charge is 0.221 e. The number of carbonyl (C=O) groups excluding carboxylic acids is 2. The maximum atomic E-state index is 12.3. The fourth-order valence-electron chi connectivity index (χ4n) is 2.58. The molecule has 0 spiro atoms. The summed E-state index contributed by atoms with van der Waals surface area (Å²) in [5, 5.41) is 7.86. The minimum absolute atomic E-state index is 0.0610. The summed E-state index contributed by atoms with van der Waals surface area (Å²) in [6, 6.07) is 12.1. The van der Waals surface area contributed by atoms with Crippen molar-refractivity contribution in [3.63, 3.8) is 0 Å². The van der Waals surface area contributed by atoms with E-state index in [1.165, 1.54) is 16.0 Å². The van der Waals surface area contributed by atoms with Gasteiger partial charge in [-0.25, -0.2) is 0 Å². The van der Waals surface area contributed by atoms with Crippen molar-refractivity contribution in [3.05, 3.63) is 57.8 Å². The van der Waals surface area contributed by atoms with Gasteiger partial charge in [-0.2, -0.15) is 0 Å². The molecule has 0 aliphatic heterocycles. The van der Waals surface area contributed by atoms with Crippen LogP contribution in [0.1, 0.15) is 41.8 Å². The molecule has 0 saturated heterocycles. The third kappa shape index (κ3) is 5.49. The standard InChI is InChI=1S/C19H24N2O2S/c1-3-20-17(22)9-10-18(23)21-16(19-14(2)11-12-24-19)13-15-7-5-4-6-8-15/h4-8,11-12,16H,3,9-10,13H2,1-2H3,(H,20,22)(H,21,23). The first-order valence-corrected chi connectivity index (χ1v) is 9.12. The van der Waals surface area contributed by atoms with Crippen LogP contribution in [0.2, 0.25) is 0 Å². The van der Waals surface area contributed by atoms with Gasteiger partial charge in [0, 0.05) is 24.3 Å². The van der Waals surface area contributed by atoms with Gasteiger partial charge in [0.2, 0.25) is 11.8 Å². The average molecular weight is 344 g/mol. The van der Waals surface area contributed by atoms with E-state index >= 15 is 0 Å². The molecule has 0 aliphatic rings. The highest BCUT2D eigenvalue weighted by Crippen LogP contribution is 2.27. The van der Waals surface area contributed by atoms with Crippen LogP contribution in [0, 0.1) is 6.92 Å². The van der Waals surface area contributed by atoms with Gasteiger partial charge in [-0.3, -0.25) is 9.59 Å². The Kier molecular flexibility index (Phi) is 7.00. The Bertz CT molecular complexity index is 667. The van der Waals surface area contributed by atoms with E-state index in [9.17, 15) is 9.59 Å². The van der Waals surface area contributed by atoms with E-state index in [4.69, 9.17) is 0 Å². The van der Waals surface area contributed by atoms with E-state index in [1.54, 1.807) is 11.3 Å². The van der Waals surface area contributed by atoms with Crippen molar-refractivity contribution >= 4 is 23.2 Å². The number of benzene rings is 1. The highest BCUT2D eigenvalue weighted by Gasteiger charge is 2.18. The lowest BCUT2D eigenvalue weighted by atomic mass is 10.0. The zero-order valence-electron chi connectivity index (χ0n) is 14.2. The van der Waals surface area contributed by atoms with Crippen molar-refractivity contribution in [1.82, 2.24) is 10.6 Å². The van der Waals surface area contributed by atoms with Crippen LogP contribution in [0.3, 0.4) is 0 Å². The highest BCUT2D eigenvalue weighted by molar-refractivity contribution is 7.10. The van der Waals surface area contributed by atoms with Crippen LogP contribution in [0.5, 0.6) is 0 Å². The minimum atomic E-state index is -0.0880. The van der Waals surface area contributed by atoms with Gasteiger partial charge in [0.25, 0.3) is 0 Å². The average Bonchev–Trinajstić information content (AvgIpc) is 3.00. The van der Waals surface area contributed by atoms with Crippen LogP contribution < -0.4 is 10.6 Å². The largest absolute Gasteiger partial charge is 0.356 e. The summed E-state index contributed by atoms with van der Waals surface area (Å²) in [4.78, 5) is 25.0. The molecule has 1 aromatic carbocycles. The van der Waals surface area contributed by atoms with Gasteiger partial charge < -0.3 is 10.6 Å². The molecule has 24 heavy (non-hydrogen) atoms. The summed E-state index contributed by atoms with van der Waals surface area (Å²) in [6.45, 7) is 4.52. The Labute approximate surface area is 147 Å². The summed E-state index contributed by atoms with van der Waals surface area (Å²) < 4.78 is 0. The van der Waals surface area contributed by atoms with Crippen LogP contribution >= 0.6 is 11.3 Å². The van der Waals surface area contributed by atoms with Gasteiger partial charge in [0.05, 0.1) is 6.04 Å². The number of hydrogen-bond donors (Lipinski definition) is 2. The van der Waals surface area contributed by atoms with Crippen LogP contribution in [-0.4, -0.2) is 18.4 Å². The summed E-state index contributed by atoms with van der Waals surface area (Å²) >= 11 is 1.66. The fraction of sp³-hybridized carbons (Fsp3) is 0.368. The lowest BCUT2D eigenvalue weighted by molar-refractivity contribution is -0.126. The van der Waals surface area contributed by atoms with E-state index in [0.717, 1.165) is 6.42 Å².